The summed E-state index contributed by atoms with van der Waals surface area (Å²) in [5, 5.41) is 13.6. The molecule has 0 bridgehead atoms. The number of para-hydroxylation sites is 2. The molecular formula is C23H16ClN7O3. The predicted octanol–water partition coefficient (Wildman–Crippen LogP) is 2.98. The fourth-order valence-electron chi connectivity index (χ4n) is 3.53. The number of hydrogen-bond donors (Lipinski definition) is 2. The molecule has 10 nitrogen and oxygen atoms in total. The first-order valence-corrected chi connectivity index (χ1v) is 10.5. The maximum atomic E-state index is 12.9. The average Bonchev–Trinajstić information content (AvgIpc) is 3.34. The van der Waals surface area contributed by atoms with Crippen molar-refractivity contribution in [2.45, 2.75) is 6.54 Å². The van der Waals surface area contributed by atoms with Crippen LogP contribution < -0.4 is 16.2 Å². The number of carbonyl (C=O) groups is 2. The first kappa shape index (κ1) is 21.3. The number of benzene rings is 2. The van der Waals surface area contributed by atoms with Crippen molar-refractivity contribution in [2.75, 3.05) is 10.6 Å². The van der Waals surface area contributed by atoms with E-state index in [0.717, 1.165) is 0 Å². The van der Waals surface area contributed by atoms with E-state index < -0.39 is 11.5 Å². The fourth-order valence-corrected chi connectivity index (χ4v) is 3.64. The van der Waals surface area contributed by atoms with Crippen molar-refractivity contribution < 1.29 is 9.59 Å². The maximum Gasteiger partial charge on any atom is 0.297 e. The molecule has 2 amide bonds. The Morgan fingerprint density at radius 2 is 1.71 bits per heavy atom. The van der Waals surface area contributed by atoms with E-state index in [2.05, 4.69) is 25.8 Å². The molecule has 0 aliphatic heterocycles. The van der Waals surface area contributed by atoms with Crippen LogP contribution in [0.2, 0.25) is 5.02 Å². The summed E-state index contributed by atoms with van der Waals surface area (Å²) >= 11 is 5.80. The van der Waals surface area contributed by atoms with Crippen molar-refractivity contribution in [3.05, 3.63) is 94.1 Å². The van der Waals surface area contributed by atoms with E-state index in [-0.39, 0.29) is 18.1 Å². The van der Waals surface area contributed by atoms with Gasteiger partial charge in [-0.05, 0) is 48.5 Å². The average molecular weight is 474 g/mol. The topological polar surface area (TPSA) is 123 Å². The van der Waals surface area contributed by atoms with Crippen molar-refractivity contribution in [3.63, 3.8) is 0 Å². The van der Waals surface area contributed by atoms with E-state index in [1.165, 1.54) is 17.1 Å². The van der Waals surface area contributed by atoms with Gasteiger partial charge in [-0.25, -0.2) is 4.98 Å². The molecule has 0 aliphatic rings. The van der Waals surface area contributed by atoms with Crippen LogP contribution in [0.3, 0.4) is 0 Å². The summed E-state index contributed by atoms with van der Waals surface area (Å²) in [4.78, 5) is 42.0. The lowest BCUT2D eigenvalue weighted by Crippen LogP contribution is -2.29. The largest absolute Gasteiger partial charge is 0.325 e. The summed E-state index contributed by atoms with van der Waals surface area (Å²) in [5.41, 5.74) is 1.87. The third-order valence-corrected chi connectivity index (χ3v) is 5.34. The van der Waals surface area contributed by atoms with Crippen LogP contribution >= 0.6 is 11.6 Å². The minimum atomic E-state index is -0.422. The standard InChI is InChI=1S/C23H16ClN7O3/c24-15-7-10-19(25-11-15)28-22(33)14-5-8-16(9-6-14)27-20(32)12-30-17-3-1-2-4-18(17)31-13-26-29-21(31)23(30)34/h1-11,13H,12H2,(H,27,32)(H,25,28,33). The third-order valence-electron chi connectivity index (χ3n) is 5.12. The molecule has 2 N–H and O–H groups in total. The van der Waals surface area contributed by atoms with Crippen LogP contribution in [0.4, 0.5) is 11.5 Å². The van der Waals surface area contributed by atoms with Gasteiger partial charge < -0.3 is 10.6 Å². The predicted molar refractivity (Wildman–Crippen MR) is 127 cm³/mol. The lowest BCUT2D eigenvalue weighted by atomic mass is 10.2. The molecule has 0 radical (unpaired) electrons. The Morgan fingerprint density at radius 1 is 0.941 bits per heavy atom. The molecule has 0 saturated carbocycles. The van der Waals surface area contributed by atoms with E-state index in [0.29, 0.717) is 33.1 Å². The van der Waals surface area contributed by atoms with Crippen LogP contribution in [0.15, 0.2) is 78.0 Å². The summed E-state index contributed by atoms with van der Waals surface area (Å²) < 4.78 is 2.95. The molecule has 5 aromatic rings. The van der Waals surface area contributed by atoms with E-state index in [1.54, 1.807) is 52.9 Å². The van der Waals surface area contributed by atoms with Gasteiger partial charge in [-0.1, -0.05) is 23.7 Å². The second-order valence-electron chi connectivity index (χ2n) is 7.35. The molecule has 5 rings (SSSR count). The Balaban J connectivity index is 1.32. The second-order valence-corrected chi connectivity index (χ2v) is 7.78. The zero-order valence-electron chi connectivity index (χ0n) is 17.5. The molecule has 0 atom stereocenters. The summed E-state index contributed by atoms with van der Waals surface area (Å²) in [6, 6.07) is 16.8. The molecule has 0 aliphatic carbocycles. The Hall–Kier alpha value is -4.57. The van der Waals surface area contributed by atoms with Gasteiger partial charge in [-0.3, -0.25) is 23.4 Å². The number of amides is 2. The molecule has 168 valence electrons. The number of halogens is 1. The number of pyridine rings is 1. The molecule has 0 saturated heterocycles. The second kappa shape index (κ2) is 8.75. The molecule has 3 heterocycles. The van der Waals surface area contributed by atoms with Gasteiger partial charge in [-0.2, -0.15) is 0 Å². The van der Waals surface area contributed by atoms with E-state index in [9.17, 15) is 14.4 Å². The molecule has 3 aromatic heterocycles. The molecule has 11 heteroatoms. The van der Waals surface area contributed by atoms with Crippen molar-refractivity contribution in [3.8, 4) is 0 Å². The minimum Gasteiger partial charge on any atom is -0.325 e. The Morgan fingerprint density at radius 3 is 2.44 bits per heavy atom. The third kappa shape index (κ3) is 4.09. The molecule has 0 spiro atoms. The SMILES string of the molecule is O=C(Cn1c(=O)c2nncn2c2ccccc21)Nc1ccc(C(=O)Nc2ccc(Cl)cn2)cc1. The highest BCUT2D eigenvalue weighted by molar-refractivity contribution is 6.30. The maximum absolute atomic E-state index is 12.9. The van der Waals surface area contributed by atoms with Crippen LogP contribution in [0.1, 0.15) is 10.4 Å². The number of nitrogens with one attached hydrogen (secondary N) is 2. The Labute approximate surface area is 196 Å². The lowest BCUT2D eigenvalue weighted by molar-refractivity contribution is -0.116. The number of rotatable bonds is 5. The van der Waals surface area contributed by atoms with Crippen LogP contribution in [0.5, 0.6) is 0 Å². The van der Waals surface area contributed by atoms with E-state index in [1.807, 2.05) is 12.1 Å². The van der Waals surface area contributed by atoms with Gasteiger partial charge in [0.15, 0.2) is 0 Å². The van der Waals surface area contributed by atoms with Gasteiger partial charge >= 0.3 is 0 Å². The highest BCUT2D eigenvalue weighted by Crippen LogP contribution is 2.15. The summed E-state index contributed by atoms with van der Waals surface area (Å²) in [5.74, 6) is -0.389. The smallest absolute Gasteiger partial charge is 0.297 e. The number of anilines is 2. The van der Waals surface area contributed by atoms with Crippen molar-refractivity contribution in [2.24, 2.45) is 0 Å². The van der Waals surface area contributed by atoms with E-state index >= 15 is 0 Å². The number of fused-ring (bicyclic) bond motifs is 3. The van der Waals surface area contributed by atoms with Crippen LogP contribution in [0, 0.1) is 0 Å². The molecule has 34 heavy (non-hydrogen) atoms. The highest BCUT2D eigenvalue weighted by Gasteiger charge is 2.15. The highest BCUT2D eigenvalue weighted by atomic mass is 35.5. The lowest BCUT2D eigenvalue weighted by Gasteiger charge is -2.12. The van der Waals surface area contributed by atoms with E-state index in [4.69, 9.17) is 11.6 Å². The molecule has 2 aromatic carbocycles. The van der Waals surface area contributed by atoms with Gasteiger partial charge in [0.05, 0.1) is 16.1 Å². The molecule has 0 unspecified atom stereocenters. The number of nitrogens with zero attached hydrogens (tertiary/aromatic N) is 5. The van der Waals surface area contributed by atoms with Gasteiger partial charge in [0.1, 0.15) is 18.7 Å². The first-order chi connectivity index (χ1) is 16.5. The quantitative estimate of drug-likeness (QED) is 0.404. The fraction of sp³-hybridized carbons (Fsp3) is 0.0435. The summed E-state index contributed by atoms with van der Waals surface area (Å²) in [6.45, 7) is -0.215. The minimum absolute atomic E-state index is 0.136. The molecular weight excluding hydrogens is 458 g/mol. The van der Waals surface area contributed by atoms with Crippen molar-refractivity contribution >= 4 is 51.6 Å². The van der Waals surface area contributed by atoms with Crippen molar-refractivity contribution in [1.82, 2.24) is 24.1 Å². The van der Waals surface area contributed by atoms with Gasteiger partial charge in [0.2, 0.25) is 11.6 Å². The van der Waals surface area contributed by atoms with Gasteiger partial charge in [-0.15, -0.1) is 10.2 Å². The normalized spacial score (nSPS) is 11.0. The summed E-state index contributed by atoms with van der Waals surface area (Å²) in [6.07, 6.45) is 2.90. The Bertz CT molecular complexity index is 1590. The first-order valence-electron chi connectivity index (χ1n) is 10.1. The number of hydrogen-bond acceptors (Lipinski definition) is 6. The van der Waals surface area contributed by atoms with Gasteiger partial charge in [0, 0.05) is 17.4 Å². The Kier molecular flexibility index (Phi) is 5.48. The summed E-state index contributed by atoms with van der Waals surface area (Å²) in [7, 11) is 0. The zero-order valence-corrected chi connectivity index (χ0v) is 18.2. The number of aromatic nitrogens is 5. The van der Waals surface area contributed by atoms with Crippen molar-refractivity contribution in [1.29, 1.82) is 0 Å². The van der Waals surface area contributed by atoms with Crippen LogP contribution in [0.25, 0.3) is 16.7 Å². The van der Waals surface area contributed by atoms with Crippen LogP contribution in [-0.2, 0) is 11.3 Å². The monoisotopic (exact) mass is 473 g/mol. The molecule has 0 fully saturated rings. The zero-order chi connectivity index (χ0) is 23.7. The van der Waals surface area contributed by atoms with Crippen LogP contribution in [-0.4, -0.2) is 36.0 Å². The van der Waals surface area contributed by atoms with Gasteiger partial charge in [0.25, 0.3) is 11.5 Å². The number of carbonyl (C=O) groups excluding carboxylic acids is 2.